The molecule has 0 amide bonds. The number of hydrogen-bond acceptors (Lipinski definition) is 2. The van der Waals surface area contributed by atoms with E-state index in [1.54, 1.807) is 0 Å². The molecule has 1 nitrogen and oxygen atoms in total. The largest absolute Gasteiger partial charge is 0.393 e. The summed E-state index contributed by atoms with van der Waals surface area (Å²) in [6.45, 7) is 0. The third-order valence-corrected chi connectivity index (χ3v) is 5.63. The Hall–Kier alpha value is -0.470. The number of thioether (sulfide) groups is 1. The van der Waals surface area contributed by atoms with Gasteiger partial charge in [-0.2, -0.15) is 11.8 Å². The van der Waals surface area contributed by atoms with Gasteiger partial charge in [0.05, 0.1) is 6.10 Å². The molecular formula is C17H24OS. The quantitative estimate of drug-likeness (QED) is 0.906. The van der Waals surface area contributed by atoms with E-state index in [2.05, 4.69) is 30.0 Å². The molecule has 1 aromatic carbocycles. The van der Waals surface area contributed by atoms with Crippen molar-refractivity contribution in [2.24, 2.45) is 5.92 Å². The highest BCUT2D eigenvalue weighted by atomic mass is 32.2. The first-order valence-electron chi connectivity index (χ1n) is 7.68. The van der Waals surface area contributed by atoms with Crippen molar-refractivity contribution in [1.82, 2.24) is 0 Å². The standard InChI is InChI=1S/C17H24OS/c18-17(11-13-6-8-19-9-7-13)12-14-4-5-15-2-1-3-16(15)10-14/h4-5,10,13,17-18H,1-3,6-9,11-12H2. The first-order chi connectivity index (χ1) is 9.31. The topological polar surface area (TPSA) is 20.2 Å². The molecule has 1 fully saturated rings. The minimum absolute atomic E-state index is 0.146. The second-order valence-corrected chi connectivity index (χ2v) is 7.33. The van der Waals surface area contributed by atoms with Crippen LogP contribution in [0.2, 0.25) is 0 Å². The van der Waals surface area contributed by atoms with Crippen LogP contribution in [0.1, 0.15) is 42.4 Å². The van der Waals surface area contributed by atoms with Crippen molar-refractivity contribution < 1.29 is 5.11 Å². The fraction of sp³-hybridized carbons (Fsp3) is 0.647. The lowest BCUT2D eigenvalue weighted by Gasteiger charge is -2.23. The van der Waals surface area contributed by atoms with E-state index in [4.69, 9.17) is 0 Å². The summed E-state index contributed by atoms with van der Waals surface area (Å²) in [6.07, 6.45) is 8.08. The minimum Gasteiger partial charge on any atom is -0.393 e. The van der Waals surface area contributed by atoms with Gasteiger partial charge in [-0.25, -0.2) is 0 Å². The van der Waals surface area contributed by atoms with E-state index in [0.29, 0.717) is 0 Å². The molecule has 1 saturated heterocycles. The Kier molecular flexibility index (Phi) is 4.49. The molecule has 2 aliphatic rings. The summed E-state index contributed by atoms with van der Waals surface area (Å²) < 4.78 is 0. The summed E-state index contributed by atoms with van der Waals surface area (Å²) in [5.41, 5.74) is 4.39. The fourth-order valence-electron chi connectivity index (χ4n) is 3.47. The molecule has 1 aromatic rings. The lowest BCUT2D eigenvalue weighted by molar-refractivity contribution is 0.139. The van der Waals surface area contributed by atoms with Gasteiger partial charge in [-0.1, -0.05) is 18.2 Å². The Morgan fingerprint density at radius 3 is 2.79 bits per heavy atom. The van der Waals surface area contributed by atoms with Crippen LogP contribution < -0.4 is 0 Å². The van der Waals surface area contributed by atoms with Gasteiger partial charge in [0.1, 0.15) is 0 Å². The molecular weight excluding hydrogens is 252 g/mol. The maximum atomic E-state index is 10.3. The van der Waals surface area contributed by atoms with Crippen molar-refractivity contribution in [3.05, 3.63) is 34.9 Å². The van der Waals surface area contributed by atoms with Crippen molar-refractivity contribution in [1.29, 1.82) is 0 Å². The molecule has 3 rings (SSSR count). The average Bonchev–Trinajstić information content (AvgIpc) is 2.87. The molecule has 104 valence electrons. The van der Waals surface area contributed by atoms with Gasteiger partial charge in [-0.05, 0) is 79.1 Å². The van der Waals surface area contributed by atoms with E-state index in [1.807, 2.05) is 0 Å². The van der Waals surface area contributed by atoms with E-state index >= 15 is 0 Å². The summed E-state index contributed by atoms with van der Waals surface area (Å²) in [4.78, 5) is 0. The molecule has 0 radical (unpaired) electrons. The predicted molar refractivity (Wildman–Crippen MR) is 82.8 cm³/mol. The summed E-state index contributed by atoms with van der Waals surface area (Å²) in [5, 5.41) is 10.3. The minimum atomic E-state index is -0.146. The van der Waals surface area contributed by atoms with Gasteiger partial charge in [0.25, 0.3) is 0 Å². The monoisotopic (exact) mass is 276 g/mol. The normalized spacial score (nSPS) is 21.3. The van der Waals surface area contributed by atoms with Gasteiger partial charge in [0.15, 0.2) is 0 Å². The Morgan fingerprint density at radius 1 is 1.16 bits per heavy atom. The van der Waals surface area contributed by atoms with Gasteiger partial charge in [0, 0.05) is 0 Å². The number of fused-ring (bicyclic) bond motifs is 1. The summed E-state index contributed by atoms with van der Waals surface area (Å²) in [5.74, 6) is 3.33. The van der Waals surface area contributed by atoms with Crippen LogP contribution in [0.4, 0.5) is 0 Å². The van der Waals surface area contributed by atoms with Crippen LogP contribution in [0.5, 0.6) is 0 Å². The molecule has 0 spiro atoms. The SMILES string of the molecule is OC(Cc1ccc2c(c1)CCC2)CC1CCSCC1. The molecule has 1 heterocycles. The molecule has 0 bridgehead atoms. The van der Waals surface area contributed by atoms with E-state index < -0.39 is 0 Å². The second-order valence-electron chi connectivity index (χ2n) is 6.11. The first kappa shape index (κ1) is 13.5. The van der Waals surface area contributed by atoms with Crippen molar-refractivity contribution >= 4 is 11.8 Å². The van der Waals surface area contributed by atoms with Crippen LogP contribution in [-0.2, 0) is 19.3 Å². The van der Waals surface area contributed by atoms with Crippen molar-refractivity contribution in [3.63, 3.8) is 0 Å². The van der Waals surface area contributed by atoms with Gasteiger partial charge < -0.3 is 5.11 Å². The lowest BCUT2D eigenvalue weighted by Crippen LogP contribution is -2.19. The molecule has 1 aliphatic heterocycles. The highest BCUT2D eigenvalue weighted by molar-refractivity contribution is 7.99. The zero-order valence-electron chi connectivity index (χ0n) is 11.6. The Balaban J connectivity index is 1.55. The summed E-state index contributed by atoms with van der Waals surface area (Å²) >= 11 is 2.06. The van der Waals surface area contributed by atoms with E-state index in [0.717, 1.165) is 18.8 Å². The third-order valence-electron chi connectivity index (χ3n) is 4.58. The Morgan fingerprint density at radius 2 is 1.95 bits per heavy atom. The average molecular weight is 276 g/mol. The van der Waals surface area contributed by atoms with Crippen LogP contribution in [0.3, 0.4) is 0 Å². The van der Waals surface area contributed by atoms with E-state index in [1.165, 1.54) is 60.3 Å². The number of aliphatic hydroxyl groups is 1. The lowest BCUT2D eigenvalue weighted by atomic mass is 9.92. The van der Waals surface area contributed by atoms with Crippen LogP contribution in [-0.4, -0.2) is 22.7 Å². The highest BCUT2D eigenvalue weighted by Crippen LogP contribution is 2.28. The molecule has 2 heteroatoms. The Labute approximate surface area is 120 Å². The van der Waals surface area contributed by atoms with Crippen LogP contribution in [0, 0.1) is 5.92 Å². The van der Waals surface area contributed by atoms with Crippen LogP contribution in [0.15, 0.2) is 18.2 Å². The summed E-state index contributed by atoms with van der Waals surface area (Å²) in [7, 11) is 0. The van der Waals surface area contributed by atoms with Crippen LogP contribution >= 0.6 is 11.8 Å². The molecule has 19 heavy (non-hydrogen) atoms. The Bertz CT molecular complexity index is 423. The zero-order chi connectivity index (χ0) is 13.1. The number of hydrogen-bond donors (Lipinski definition) is 1. The summed E-state index contributed by atoms with van der Waals surface area (Å²) in [6, 6.07) is 6.84. The highest BCUT2D eigenvalue weighted by Gasteiger charge is 2.18. The molecule has 1 N–H and O–H groups in total. The molecule has 0 aromatic heterocycles. The molecule has 0 saturated carbocycles. The van der Waals surface area contributed by atoms with E-state index in [-0.39, 0.29) is 6.10 Å². The maximum absolute atomic E-state index is 10.3. The number of aliphatic hydroxyl groups excluding tert-OH is 1. The van der Waals surface area contributed by atoms with Gasteiger partial charge in [-0.15, -0.1) is 0 Å². The van der Waals surface area contributed by atoms with Gasteiger partial charge in [-0.3, -0.25) is 0 Å². The fourth-order valence-corrected chi connectivity index (χ4v) is 4.68. The third kappa shape index (κ3) is 3.55. The zero-order valence-corrected chi connectivity index (χ0v) is 12.4. The second kappa shape index (κ2) is 6.32. The van der Waals surface area contributed by atoms with Gasteiger partial charge >= 0.3 is 0 Å². The number of rotatable bonds is 4. The smallest absolute Gasteiger partial charge is 0.0583 e. The molecule has 1 aliphatic carbocycles. The molecule has 1 atom stereocenters. The number of aryl methyl sites for hydroxylation is 2. The predicted octanol–water partition coefficient (Wildman–Crippen LogP) is 3.61. The van der Waals surface area contributed by atoms with E-state index in [9.17, 15) is 5.11 Å². The maximum Gasteiger partial charge on any atom is 0.0583 e. The van der Waals surface area contributed by atoms with Gasteiger partial charge in [0.2, 0.25) is 0 Å². The van der Waals surface area contributed by atoms with Crippen molar-refractivity contribution in [2.75, 3.05) is 11.5 Å². The van der Waals surface area contributed by atoms with Crippen molar-refractivity contribution in [3.8, 4) is 0 Å². The van der Waals surface area contributed by atoms with Crippen molar-refractivity contribution in [2.45, 2.75) is 51.0 Å². The first-order valence-corrected chi connectivity index (χ1v) is 8.83. The number of benzene rings is 1. The van der Waals surface area contributed by atoms with Crippen LogP contribution in [0.25, 0.3) is 0 Å². The molecule has 1 unspecified atom stereocenters.